The number of hydrogen-bond donors (Lipinski definition) is 0. The second-order valence-corrected chi connectivity index (χ2v) is 7.12. The van der Waals surface area contributed by atoms with Gasteiger partial charge in [0.15, 0.2) is 0 Å². The van der Waals surface area contributed by atoms with Crippen molar-refractivity contribution in [2.24, 2.45) is 0 Å². The number of carbonyl (C=O) groups excluding carboxylic acids is 2. The largest absolute Gasteiger partial charge is 0.272 e. The Hall–Kier alpha value is -2.33. The summed E-state index contributed by atoms with van der Waals surface area (Å²) in [5.74, 6) is -0.448. The van der Waals surface area contributed by atoms with Gasteiger partial charge in [-0.15, -0.1) is 0 Å². The predicted molar refractivity (Wildman–Crippen MR) is 101 cm³/mol. The maximum atomic E-state index is 13.1. The summed E-state index contributed by atoms with van der Waals surface area (Å²) in [6.07, 6.45) is 0. The van der Waals surface area contributed by atoms with Crippen molar-refractivity contribution in [2.75, 3.05) is 6.54 Å². The van der Waals surface area contributed by atoms with Crippen LogP contribution in [0.2, 0.25) is 5.02 Å². The molecule has 0 fully saturated rings. The molecule has 0 N–H and O–H groups in total. The first-order valence-corrected chi connectivity index (χ1v) is 8.60. The molecule has 5 heteroatoms. The number of halogens is 1. The molecular weight excluding hydrogens is 336 g/mol. The zero-order chi connectivity index (χ0) is 18.6. The van der Waals surface area contributed by atoms with Crippen molar-refractivity contribution in [1.82, 2.24) is 10.0 Å². The van der Waals surface area contributed by atoms with Crippen molar-refractivity contribution in [3.05, 3.63) is 70.7 Å². The van der Waals surface area contributed by atoms with Crippen LogP contribution in [0.1, 0.15) is 48.4 Å². The summed E-state index contributed by atoms with van der Waals surface area (Å²) >= 11 is 5.91. The summed E-state index contributed by atoms with van der Waals surface area (Å²) in [6, 6.07) is 15.7. The van der Waals surface area contributed by atoms with Crippen molar-refractivity contribution in [3.63, 3.8) is 0 Å². The van der Waals surface area contributed by atoms with E-state index in [1.165, 1.54) is 10.0 Å². The Morgan fingerprint density at radius 2 is 1.40 bits per heavy atom. The van der Waals surface area contributed by atoms with Gasteiger partial charge < -0.3 is 0 Å². The molecule has 0 saturated carbocycles. The van der Waals surface area contributed by atoms with E-state index in [-0.39, 0.29) is 11.8 Å². The third-order valence-corrected chi connectivity index (χ3v) is 3.97. The molecule has 2 aromatic carbocycles. The minimum atomic E-state index is -0.564. The van der Waals surface area contributed by atoms with Gasteiger partial charge in [0.1, 0.15) is 0 Å². The van der Waals surface area contributed by atoms with Gasteiger partial charge in [-0.2, -0.15) is 0 Å². The van der Waals surface area contributed by atoms with Gasteiger partial charge in [-0.3, -0.25) is 9.59 Å². The molecule has 2 amide bonds. The lowest BCUT2D eigenvalue weighted by atomic mass is 10.1. The normalized spacial score (nSPS) is 11.1. The van der Waals surface area contributed by atoms with Gasteiger partial charge in [0, 0.05) is 22.7 Å². The maximum absolute atomic E-state index is 13.1. The third-order valence-electron chi connectivity index (χ3n) is 3.72. The van der Waals surface area contributed by atoms with E-state index < -0.39 is 5.54 Å². The molecule has 0 aliphatic carbocycles. The lowest BCUT2D eigenvalue weighted by Crippen LogP contribution is -2.58. The molecule has 132 valence electrons. The molecule has 0 atom stereocenters. The van der Waals surface area contributed by atoms with E-state index in [4.69, 9.17) is 11.6 Å². The van der Waals surface area contributed by atoms with E-state index in [0.717, 1.165) is 0 Å². The highest BCUT2D eigenvalue weighted by Crippen LogP contribution is 2.22. The third kappa shape index (κ3) is 4.40. The summed E-state index contributed by atoms with van der Waals surface area (Å²) in [7, 11) is 0. The van der Waals surface area contributed by atoms with E-state index in [1.807, 2.05) is 45.9 Å². The van der Waals surface area contributed by atoms with E-state index in [1.54, 1.807) is 36.4 Å². The molecule has 0 bridgehead atoms. The van der Waals surface area contributed by atoms with Gasteiger partial charge in [-0.25, -0.2) is 10.0 Å². The van der Waals surface area contributed by atoms with Gasteiger partial charge in [-0.05, 0) is 64.1 Å². The van der Waals surface area contributed by atoms with Crippen LogP contribution in [0.5, 0.6) is 0 Å². The molecule has 0 radical (unpaired) electrons. The molecular formula is C20H23ClN2O2. The standard InChI is InChI=1S/C20H23ClN2O2/c1-5-22(18(24)16-11-13-17(21)14-12-16)23(20(2,3)4)19(25)15-9-7-6-8-10-15/h6-14H,5H2,1-4H3. The highest BCUT2D eigenvalue weighted by Gasteiger charge is 2.35. The molecule has 0 aliphatic rings. The molecule has 0 aromatic heterocycles. The zero-order valence-electron chi connectivity index (χ0n) is 15.0. The quantitative estimate of drug-likeness (QED) is 0.749. The molecule has 2 aromatic rings. The van der Waals surface area contributed by atoms with Gasteiger partial charge in [0.25, 0.3) is 11.8 Å². The van der Waals surface area contributed by atoms with Crippen molar-refractivity contribution in [2.45, 2.75) is 33.2 Å². The number of carbonyl (C=O) groups is 2. The molecule has 0 aliphatic heterocycles. The summed E-state index contributed by atoms with van der Waals surface area (Å²) < 4.78 is 0. The first-order chi connectivity index (χ1) is 11.8. The average Bonchev–Trinajstić information content (AvgIpc) is 2.58. The van der Waals surface area contributed by atoms with Crippen molar-refractivity contribution >= 4 is 23.4 Å². The number of amides is 2. The van der Waals surface area contributed by atoms with Gasteiger partial charge in [0.05, 0.1) is 5.54 Å². The van der Waals surface area contributed by atoms with E-state index in [0.29, 0.717) is 22.7 Å². The van der Waals surface area contributed by atoms with Crippen molar-refractivity contribution in [1.29, 1.82) is 0 Å². The minimum absolute atomic E-state index is 0.211. The fourth-order valence-corrected chi connectivity index (χ4v) is 2.72. The Morgan fingerprint density at radius 1 is 0.880 bits per heavy atom. The van der Waals surface area contributed by atoms with Crippen LogP contribution in [-0.2, 0) is 0 Å². The van der Waals surface area contributed by atoms with E-state index >= 15 is 0 Å². The van der Waals surface area contributed by atoms with Crippen molar-refractivity contribution < 1.29 is 9.59 Å². The Kier molecular flexibility index (Phi) is 5.85. The number of hydrazine groups is 1. The van der Waals surface area contributed by atoms with Crippen LogP contribution in [0, 0.1) is 0 Å². The van der Waals surface area contributed by atoms with Crippen LogP contribution in [0.15, 0.2) is 54.6 Å². The molecule has 0 spiro atoms. The van der Waals surface area contributed by atoms with Crippen LogP contribution in [-0.4, -0.2) is 33.9 Å². The summed E-state index contributed by atoms with van der Waals surface area (Å²) in [5, 5.41) is 3.57. The Labute approximate surface area is 154 Å². The molecule has 0 saturated heterocycles. The summed E-state index contributed by atoms with van der Waals surface area (Å²) in [5.41, 5.74) is 0.464. The zero-order valence-corrected chi connectivity index (χ0v) is 15.7. The fourth-order valence-electron chi connectivity index (χ4n) is 2.60. The number of benzene rings is 2. The summed E-state index contributed by atoms with van der Waals surface area (Å²) in [4.78, 5) is 26.1. The smallest absolute Gasteiger partial charge is 0.267 e. The molecule has 4 nitrogen and oxygen atoms in total. The Bertz CT molecular complexity index is 737. The SMILES string of the molecule is CCN(C(=O)c1ccc(Cl)cc1)N(C(=O)c1ccccc1)C(C)(C)C. The second kappa shape index (κ2) is 7.70. The minimum Gasteiger partial charge on any atom is -0.267 e. The van der Waals surface area contributed by atoms with E-state index in [2.05, 4.69) is 0 Å². The topological polar surface area (TPSA) is 40.6 Å². The maximum Gasteiger partial charge on any atom is 0.272 e. The fraction of sp³-hybridized carbons (Fsp3) is 0.300. The Morgan fingerprint density at radius 3 is 1.88 bits per heavy atom. The van der Waals surface area contributed by atoms with Crippen LogP contribution >= 0.6 is 11.6 Å². The van der Waals surface area contributed by atoms with Gasteiger partial charge in [0.2, 0.25) is 0 Å². The van der Waals surface area contributed by atoms with Crippen LogP contribution in [0.4, 0.5) is 0 Å². The second-order valence-electron chi connectivity index (χ2n) is 6.68. The first kappa shape index (κ1) is 19.0. The highest BCUT2D eigenvalue weighted by molar-refractivity contribution is 6.30. The molecule has 2 rings (SSSR count). The lowest BCUT2D eigenvalue weighted by Gasteiger charge is -2.43. The first-order valence-electron chi connectivity index (χ1n) is 8.22. The van der Waals surface area contributed by atoms with Crippen LogP contribution in [0.3, 0.4) is 0 Å². The van der Waals surface area contributed by atoms with Crippen molar-refractivity contribution in [3.8, 4) is 0 Å². The molecule has 25 heavy (non-hydrogen) atoms. The summed E-state index contributed by atoms with van der Waals surface area (Å²) in [6.45, 7) is 7.95. The number of nitrogens with zero attached hydrogens (tertiary/aromatic N) is 2. The molecule has 0 heterocycles. The lowest BCUT2D eigenvalue weighted by molar-refractivity contribution is -0.0410. The van der Waals surface area contributed by atoms with Crippen LogP contribution < -0.4 is 0 Å². The number of hydrogen-bond acceptors (Lipinski definition) is 2. The predicted octanol–water partition coefficient (Wildman–Crippen LogP) is 4.66. The highest BCUT2D eigenvalue weighted by atomic mass is 35.5. The van der Waals surface area contributed by atoms with Gasteiger partial charge in [-0.1, -0.05) is 29.8 Å². The molecule has 0 unspecified atom stereocenters. The number of rotatable bonds is 3. The van der Waals surface area contributed by atoms with E-state index in [9.17, 15) is 9.59 Å². The van der Waals surface area contributed by atoms with Crippen LogP contribution in [0.25, 0.3) is 0 Å². The monoisotopic (exact) mass is 358 g/mol. The van der Waals surface area contributed by atoms with Gasteiger partial charge >= 0.3 is 0 Å². The average molecular weight is 359 g/mol. The Balaban J connectivity index is 2.42.